The number of aryl methyl sites for hydroxylation is 1. The van der Waals surface area contributed by atoms with Crippen LogP contribution in [0, 0.1) is 6.92 Å². The molecular formula is C13H13NO4. The maximum atomic E-state index is 11.3. The van der Waals surface area contributed by atoms with Crippen molar-refractivity contribution in [2.75, 3.05) is 7.11 Å². The van der Waals surface area contributed by atoms with Crippen molar-refractivity contribution in [2.45, 2.75) is 13.5 Å². The van der Waals surface area contributed by atoms with Crippen molar-refractivity contribution in [3.63, 3.8) is 0 Å². The minimum absolute atomic E-state index is 0.123. The number of aromatic nitrogens is 1. The number of carbonyl (C=O) groups excluding carboxylic acids is 1. The van der Waals surface area contributed by atoms with Crippen LogP contribution in [-0.2, 0) is 16.1 Å². The zero-order chi connectivity index (χ0) is 13.3. The molecule has 1 aromatic carbocycles. The summed E-state index contributed by atoms with van der Waals surface area (Å²) in [5.41, 5.74) is 1.94. The molecule has 0 aliphatic carbocycles. The maximum Gasteiger partial charge on any atom is 0.335 e. The Morgan fingerprint density at radius 3 is 2.67 bits per heavy atom. The van der Waals surface area contributed by atoms with Crippen LogP contribution in [0.1, 0.15) is 16.1 Å². The minimum Gasteiger partial charge on any atom is -0.478 e. The topological polar surface area (TPSA) is 68.5 Å². The number of ether oxygens (including phenoxy) is 1. The van der Waals surface area contributed by atoms with Gasteiger partial charge in [-0.2, -0.15) is 0 Å². The van der Waals surface area contributed by atoms with E-state index in [0.717, 1.165) is 16.6 Å². The standard InChI is InChI=1S/C13H13NO4/c1-8-5-10-6-9(13(16)17)3-4-11(10)14(8)7-12(15)18-2/h3-6H,7H2,1-2H3,(H,16,17). The Bertz CT molecular complexity index is 627. The second kappa shape index (κ2) is 4.52. The van der Waals surface area contributed by atoms with Crippen molar-refractivity contribution < 1.29 is 19.4 Å². The number of rotatable bonds is 3. The van der Waals surface area contributed by atoms with Crippen LogP contribution >= 0.6 is 0 Å². The summed E-state index contributed by atoms with van der Waals surface area (Å²) in [5.74, 6) is -1.30. The first-order valence-corrected chi connectivity index (χ1v) is 5.43. The molecule has 0 atom stereocenters. The molecule has 0 aliphatic heterocycles. The fourth-order valence-corrected chi connectivity index (χ4v) is 1.95. The van der Waals surface area contributed by atoms with E-state index >= 15 is 0 Å². The van der Waals surface area contributed by atoms with Crippen molar-refractivity contribution in [3.05, 3.63) is 35.5 Å². The Kier molecular flexibility index (Phi) is 3.06. The lowest BCUT2D eigenvalue weighted by Crippen LogP contribution is -2.12. The number of nitrogens with zero attached hydrogens (tertiary/aromatic N) is 1. The summed E-state index contributed by atoms with van der Waals surface area (Å²) >= 11 is 0. The molecule has 0 radical (unpaired) electrons. The van der Waals surface area contributed by atoms with Crippen LogP contribution in [0.4, 0.5) is 0 Å². The van der Waals surface area contributed by atoms with Crippen molar-refractivity contribution >= 4 is 22.8 Å². The number of carboxylic acid groups (broad SMARTS) is 1. The lowest BCUT2D eigenvalue weighted by atomic mass is 10.1. The highest BCUT2D eigenvalue weighted by molar-refractivity contribution is 5.94. The van der Waals surface area contributed by atoms with E-state index in [1.807, 2.05) is 13.0 Å². The van der Waals surface area contributed by atoms with Gasteiger partial charge in [0.25, 0.3) is 0 Å². The number of fused-ring (bicyclic) bond motifs is 1. The van der Waals surface area contributed by atoms with Crippen LogP contribution in [0.5, 0.6) is 0 Å². The van der Waals surface area contributed by atoms with E-state index in [1.54, 1.807) is 16.7 Å². The van der Waals surface area contributed by atoms with Gasteiger partial charge >= 0.3 is 11.9 Å². The second-order valence-electron chi connectivity index (χ2n) is 4.03. The highest BCUT2D eigenvalue weighted by Crippen LogP contribution is 2.21. The molecule has 5 nitrogen and oxygen atoms in total. The zero-order valence-electron chi connectivity index (χ0n) is 10.1. The first-order valence-electron chi connectivity index (χ1n) is 5.43. The number of esters is 1. The summed E-state index contributed by atoms with van der Waals surface area (Å²) in [6.07, 6.45) is 0. The summed E-state index contributed by atoms with van der Waals surface area (Å²) in [4.78, 5) is 22.2. The number of carbonyl (C=O) groups is 2. The molecule has 2 aromatic rings. The van der Waals surface area contributed by atoms with E-state index in [1.165, 1.54) is 13.2 Å². The summed E-state index contributed by atoms with van der Waals surface area (Å²) in [6.45, 7) is 1.99. The van der Waals surface area contributed by atoms with E-state index in [0.29, 0.717) is 0 Å². The Balaban J connectivity index is 2.52. The molecule has 18 heavy (non-hydrogen) atoms. The van der Waals surface area contributed by atoms with Gasteiger partial charge in [-0.05, 0) is 31.2 Å². The van der Waals surface area contributed by atoms with Crippen molar-refractivity contribution in [2.24, 2.45) is 0 Å². The van der Waals surface area contributed by atoms with Gasteiger partial charge in [0.1, 0.15) is 6.54 Å². The van der Waals surface area contributed by atoms with Gasteiger partial charge in [-0.3, -0.25) is 4.79 Å². The Hall–Kier alpha value is -2.30. The number of benzene rings is 1. The van der Waals surface area contributed by atoms with Gasteiger partial charge in [0, 0.05) is 16.6 Å². The molecule has 1 aromatic heterocycles. The molecule has 94 valence electrons. The van der Waals surface area contributed by atoms with Gasteiger partial charge in [-0.25, -0.2) is 4.79 Å². The van der Waals surface area contributed by atoms with Crippen molar-refractivity contribution in [1.29, 1.82) is 0 Å². The number of methoxy groups -OCH3 is 1. The fraction of sp³-hybridized carbons (Fsp3) is 0.231. The molecule has 5 heteroatoms. The summed E-state index contributed by atoms with van der Waals surface area (Å²) < 4.78 is 6.43. The lowest BCUT2D eigenvalue weighted by molar-refractivity contribution is -0.141. The van der Waals surface area contributed by atoms with Gasteiger partial charge in [-0.1, -0.05) is 0 Å². The lowest BCUT2D eigenvalue weighted by Gasteiger charge is -2.06. The number of hydrogen-bond acceptors (Lipinski definition) is 3. The molecule has 1 N–H and O–H groups in total. The minimum atomic E-state index is -0.963. The van der Waals surface area contributed by atoms with Gasteiger partial charge < -0.3 is 14.4 Å². The van der Waals surface area contributed by atoms with Crippen LogP contribution in [0.25, 0.3) is 10.9 Å². The second-order valence-corrected chi connectivity index (χ2v) is 4.03. The highest BCUT2D eigenvalue weighted by Gasteiger charge is 2.11. The Labute approximate surface area is 104 Å². The third-order valence-corrected chi connectivity index (χ3v) is 2.87. The third kappa shape index (κ3) is 2.07. The largest absolute Gasteiger partial charge is 0.478 e. The zero-order valence-corrected chi connectivity index (χ0v) is 10.1. The SMILES string of the molecule is COC(=O)Cn1c(C)cc2cc(C(=O)O)ccc21. The van der Waals surface area contributed by atoms with Gasteiger partial charge in [0.2, 0.25) is 0 Å². The molecule has 0 fully saturated rings. The first-order chi connectivity index (χ1) is 8.52. The monoisotopic (exact) mass is 247 g/mol. The molecule has 0 aliphatic rings. The van der Waals surface area contributed by atoms with Gasteiger partial charge in [0.15, 0.2) is 0 Å². The van der Waals surface area contributed by atoms with Crippen LogP contribution in [-0.4, -0.2) is 28.7 Å². The molecule has 2 rings (SSSR count). The number of carboxylic acids is 1. The predicted octanol–water partition coefficient (Wildman–Crippen LogP) is 1.82. The average Bonchev–Trinajstić information content (AvgIpc) is 2.64. The highest BCUT2D eigenvalue weighted by atomic mass is 16.5. The number of aromatic carboxylic acids is 1. The Morgan fingerprint density at radius 1 is 1.33 bits per heavy atom. The molecule has 1 heterocycles. The molecule has 0 amide bonds. The Morgan fingerprint density at radius 2 is 2.06 bits per heavy atom. The van der Waals surface area contributed by atoms with E-state index in [4.69, 9.17) is 5.11 Å². The summed E-state index contributed by atoms with van der Waals surface area (Å²) in [6, 6.07) is 6.68. The third-order valence-electron chi connectivity index (χ3n) is 2.87. The average molecular weight is 247 g/mol. The molecule has 0 bridgehead atoms. The van der Waals surface area contributed by atoms with E-state index < -0.39 is 5.97 Å². The first kappa shape index (κ1) is 12.2. The quantitative estimate of drug-likeness (QED) is 0.840. The van der Waals surface area contributed by atoms with Gasteiger partial charge in [-0.15, -0.1) is 0 Å². The molecule has 0 saturated carbocycles. The molecule has 0 spiro atoms. The molecule has 0 saturated heterocycles. The predicted molar refractivity (Wildman–Crippen MR) is 65.7 cm³/mol. The summed E-state index contributed by atoms with van der Waals surface area (Å²) in [7, 11) is 1.34. The van der Waals surface area contributed by atoms with Crippen molar-refractivity contribution in [3.8, 4) is 0 Å². The normalized spacial score (nSPS) is 10.6. The van der Waals surface area contributed by atoms with Crippen LogP contribution in [0.15, 0.2) is 24.3 Å². The molecular weight excluding hydrogens is 234 g/mol. The van der Waals surface area contributed by atoms with Crippen LogP contribution in [0.3, 0.4) is 0 Å². The van der Waals surface area contributed by atoms with Crippen molar-refractivity contribution in [1.82, 2.24) is 4.57 Å². The smallest absolute Gasteiger partial charge is 0.335 e. The molecule has 0 unspecified atom stereocenters. The maximum absolute atomic E-state index is 11.3. The van der Waals surface area contributed by atoms with E-state index in [9.17, 15) is 9.59 Å². The van der Waals surface area contributed by atoms with Crippen LogP contribution in [0.2, 0.25) is 0 Å². The number of hydrogen-bond donors (Lipinski definition) is 1. The fourth-order valence-electron chi connectivity index (χ4n) is 1.95. The van der Waals surface area contributed by atoms with Crippen LogP contribution < -0.4 is 0 Å². The van der Waals surface area contributed by atoms with E-state index in [-0.39, 0.29) is 18.1 Å². The van der Waals surface area contributed by atoms with Gasteiger partial charge in [0.05, 0.1) is 12.7 Å². The van der Waals surface area contributed by atoms with E-state index in [2.05, 4.69) is 4.74 Å². The summed E-state index contributed by atoms with van der Waals surface area (Å²) in [5, 5.41) is 9.73.